The second-order valence-corrected chi connectivity index (χ2v) is 7.46. The molecule has 4 rings (SSSR count). The SMILES string of the molecule is O=S(=O)(c1ccccc1)N1CC(c2nc(-c3ccncc3)no2)C1. The monoisotopic (exact) mass is 342 g/mol. The summed E-state index contributed by atoms with van der Waals surface area (Å²) in [5.41, 5.74) is 0.813. The van der Waals surface area contributed by atoms with Gasteiger partial charge in [0.25, 0.3) is 0 Å². The number of hydrogen-bond acceptors (Lipinski definition) is 6. The minimum absolute atomic E-state index is 0.0772. The quantitative estimate of drug-likeness (QED) is 0.720. The number of hydrogen-bond donors (Lipinski definition) is 0. The van der Waals surface area contributed by atoms with Crippen LogP contribution < -0.4 is 0 Å². The van der Waals surface area contributed by atoms with Crippen LogP contribution in [0.25, 0.3) is 11.4 Å². The van der Waals surface area contributed by atoms with E-state index in [-0.39, 0.29) is 5.92 Å². The van der Waals surface area contributed by atoms with Crippen LogP contribution in [0.1, 0.15) is 11.8 Å². The minimum Gasteiger partial charge on any atom is -0.339 e. The molecule has 0 amide bonds. The molecule has 0 saturated carbocycles. The van der Waals surface area contributed by atoms with Gasteiger partial charge in [0, 0.05) is 31.0 Å². The van der Waals surface area contributed by atoms with Crippen molar-refractivity contribution in [3.63, 3.8) is 0 Å². The summed E-state index contributed by atoms with van der Waals surface area (Å²) < 4.78 is 31.6. The van der Waals surface area contributed by atoms with E-state index in [1.807, 2.05) is 0 Å². The minimum atomic E-state index is -3.45. The molecule has 0 N–H and O–H groups in total. The highest BCUT2D eigenvalue weighted by Gasteiger charge is 2.40. The van der Waals surface area contributed by atoms with Gasteiger partial charge in [-0.15, -0.1) is 0 Å². The van der Waals surface area contributed by atoms with Gasteiger partial charge in [-0.05, 0) is 24.3 Å². The highest BCUT2D eigenvalue weighted by Crippen LogP contribution is 2.31. The molecule has 8 heteroatoms. The molecule has 0 spiro atoms. The van der Waals surface area contributed by atoms with E-state index >= 15 is 0 Å². The summed E-state index contributed by atoms with van der Waals surface area (Å²) in [5, 5.41) is 3.95. The van der Waals surface area contributed by atoms with Gasteiger partial charge in [-0.2, -0.15) is 9.29 Å². The lowest BCUT2D eigenvalue weighted by atomic mass is 10.0. The number of pyridine rings is 1. The van der Waals surface area contributed by atoms with Gasteiger partial charge in [0.05, 0.1) is 10.8 Å². The maximum atomic E-state index is 12.5. The highest BCUT2D eigenvalue weighted by atomic mass is 32.2. The van der Waals surface area contributed by atoms with Gasteiger partial charge < -0.3 is 4.52 Å². The largest absolute Gasteiger partial charge is 0.339 e. The van der Waals surface area contributed by atoms with Crippen LogP contribution in [0, 0.1) is 0 Å². The number of rotatable bonds is 4. The standard InChI is InChI=1S/C16H14N4O3S/c21-24(22,14-4-2-1-3-5-14)20-10-13(11-20)16-18-15(19-23-16)12-6-8-17-9-7-12/h1-9,13H,10-11H2. The molecular weight excluding hydrogens is 328 g/mol. The Hall–Kier alpha value is -2.58. The van der Waals surface area contributed by atoms with Gasteiger partial charge in [-0.3, -0.25) is 4.98 Å². The van der Waals surface area contributed by atoms with Crippen LogP contribution in [0.3, 0.4) is 0 Å². The third-order valence-electron chi connectivity index (χ3n) is 3.96. The van der Waals surface area contributed by atoms with Gasteiger partial charge >= 0.3 is 0 Å². The first kappa shape index (κ1) is 15.0. The molecule has 0 aliphatic carbocycles. The first-order valence-corrected chi connectivity index (χ1v) is 8.88. The van der Waals surface area contributed by atoms with Crippen molar-refractivity contribution in [1.29, 1.82) is 0 Å². The van der Waals surface area contributed by atoms with E-state index in [1.54, 1.807) is 54.9 Å². The van der Waals surface area contributed by atoms with Gasteiger partial charge in [-0.25, -0.2) is 8.42 Å². The molecule has 1 fully saturated rings. The van der Waals surface area contributed by atoms with Gasteiger partial charge in [-0.1, -0.05) is 23.4 Å². The van der Waals surface area contributed by atoms with Crippen molar-refractivity contribution < 1.29 is 12.9 Å². The molecule has 24 heavy (non-hydrogen) atoms. The fourth-order valence-corrected chi connectivity index (χ4v) is 4.10. The molecule has 3 aromatic rings. The molecule has 0 bridgehead atoms. The van der Waals surface area contributed by atoms with E-state index in [4.69, 9.17) is 4.52 Å². The van der Waals surface area contributed by atoms with E-state index in [9.17, 15) is 8.42 Å². The van der Waals surface area contributed by atoms with E-state index in [0.717, 1.165) is 5.56 Å². The fraction of sp³-hybridized carbons (Fsp3) is 0.188. The number of sulfonamides is 1. The Morgan fingerprint density at radius 1 is 1.04 bits per heavy atom. The Kier molecular flexibility index (Phi) is 3.62. The lowest BCUT2D eigenvalue weighted by molar-refractivity contribution is 0.217. The van der Waals surface area contributed by atoms with Crippen LogP contribution in [0.5, 0.6) is 0 Å². The molecule has 1 saturated heterocycles. The van der Waals surface area contributed by atoms with E-state index in [2.05, 4.69) is 15.1 Å². The Morgan fingerprint density at radius 2 is 1.75 bits per heavy atom. The fourth-order valence-electron chi connectivity index (χ4n) is 2.55. The van der Waals surface area contributed by atoms with Crippen molar-refractivity contribution in [2.75, 3.05) is 13.1 Å². The molecule has 0 radical (unpaired) electrons. The highest BCUT2D eigenvalue weighted by molar-refractivity contribution is 7.89. The Bertz CT molecular complexity index is 936. The Labute approximate surface area is 139 Å². The Morgan fingerprint density at radius 3 is 2.46 bits per heavy atom. The van der Waals surface area contributed by atoms with Gasteiger partial charge in [0.2, 0.25) is 21.7 Å². The Balaban J connectivity index is 1.48. The molecule has 0 atom stereocenters. The topological polar surface area (TPSA) is 89.2 Å². The third-order valence-corrected chi connectivity index (χ3v) is 5.80. The molecule has 1 aliphatic rings. The summed E-state index contributed by atoms with van der Waals surface area (Å²) in [6.07, 6.45) is 3.31. The molecule has 122 valence electrons. The van der Waals surface area contributed by atoms with Crippen molar-refractivity contribution in [2.45, 2.75) is 10.8 Å². The predicted octanol–water partition coefficient (Wildman–Crippen LogP) is 1.92. The first-order chi connectivity index (χ1) is 11.6. The first-order valence-electron chi connectivity index (χ1n) is 7.44. The van der Waals surface area contributed by atoms with E-state index in [1.165, 1.54) is 4.31 Å². The molecule has 2 aromatic heterocycles. The second-order valence-electron chi connectivity index (χ2n) is 5.52. The summed E-state index contributed by atoms with van der Waals surface area (Å²) in [4.78, 5) is 8.61. The number of aromatic nitrogens is 3. The molecule has 0 unspecified atom stereocenters. The van der Waals surface area contributed by atoms with Crippen molar-refractivity contribution >= 4 is 10.0 Å². The summed E-state index contributed by atoms with van der Waals surface area (Å²) in [6, 6.07) is 12.0. The van der Waals surface area contributed by atoms with Crippen LogP contribution in [-0.2, 0) is 10.0 Å². The third kappa shape index (κ3) is 2.59. The maximum absolute atomic E-state index is 12.5. The van der Waals surface area contributed by atoms with E-state index in [0.29, 0.717) is 29.7 Å². The molecule has 1 aromatic carbocycles. The second kappa shape index (κ2) is 5.81. The maximum Gasteiger partial charge on any atom is 0.243 e. The lowest BCUT2D eigenvalue weighted by Crippen LogP contribution is -2.48. The van der Waals surface area contributed by atoms with Crippen LogP contribution in [0.4, 0.5) is 0 Å². The van der Waals surface area contributed by atoms with Gasteiger partial charge in [0.1, 0.15) is 0 Å². The van der Waals surface area contributed by atoms with Crippen molar-refractivity contribution in [1.82, 2.24) is 19.4 Å². The number of benzene rings is 1. The molecule has 1 aliphatic heterocycles. The summed E-state index contributed by atoms with van der Waals surface area (Å²) in [5.74, 6) is 0.865. The molecular formula is C16H14N4O3S. The zero-order chi connectivity index (χ0) is 16.6. The smallest absolute Gasteiger partial charge is 0.243 e. The van der Waals surface area contributed by atoms with Crippen LogP contribution in [0.2, 0.25) is 0 Å². The van der Waals surface area contributed by atoms with Gasteiger partial charge in [0.15, 0.2) is 0 Å². The zero-order valence-electron chi connectivity index (χ0n) is 12.6. The van der Waals surface area contributed by atoms with Crippen molar-refractivity contribution in [3.8, 4) is 11.4 Å². The lowest BCUT2D eigenvalue weighted by Gasteiger charge is -2.35. The molecule has 3 heterocycles. The van der Waals surface area contributed by atoms with Crippen LogP contribution in [0.15, 0.2) is 64.3 Å². The van der Waals surface area contributed by atoms with E-state index < -0.39 is 10.0 Å². The number of nitrogens with zero attached hydrogens (tertiary/aromatic N) is 4. The zero-order valence-corrected chi connectivity index (χ0v) is 13.4. The van der Waals surface area contributed by atoms with Crippen LogP contribution in [-0.4, -0.2) is 40.9 Å². The molecule has 7 nitrogen and oxygen atoms in total. The van der Waals surface area contributed by atoms with Crippen molar-refractivity contribution in [2.24, 2.45) is 0 Å². The average Bonchev–Trinajstić information content (AvgIpc) is 3.04. The summed E-state index contributed by atoms with van der Waals surface area (Å²) >= 11 is 0. The summed E-state index contributed by atoms with van der Waals surface area (Å²) in [7, 11) is -3.45. The average molecular weight is 342 g/mol. The normalized spacial score (nSPS) is 16.0. The summed E-state index contributed by atoms with van der Waals surface area (Å²) in [6.45, 7) is 0.685. The van der Waals surface area contributed by atoms with Crippen LogP contribution >= 0.6 is 0 Å². The van der Waals surface area contributed by atoms with Crippen molar-refractivity contribution in [3.05, 3.63) is 60.7 Å². The predicted molar refractivity (Wildman–Crippen MR) is 85.5 cm³/mol.